The molecule has 7 heteroatoms. The summed E-state index contributed by atoms with van der Waals surface area (Å²) < 4.78 is 1.77. The Hall–Kier alpha value is -2.67. The summed E-state index contributed by atoms with van der Waals surface area (Å²) in [5.41, 5.74) is 1.13. The number of hydrogen-bond acceptors (Lipinski definition) is 4. The Morgan fingerprint density at radius 3 is 2.38 bits per heavy atom. The van der Waals surface area contributed by atoms with Crippen molar-refractivity contribution in [3.8, 4) is 0 Å². The van der Waals surface area contributed by atoms with Gasteiger partial charge in [0.1, 0.15) is 6.54 Å². The van der Waals surface area contributed by atoms with Crippen molar-refractivity contribution in [3.05, 3.63) is 36.0 Å². The second-order valence-corrected chi connectivity index (χ2v) is 8.45. The number of amides is 2. The Labute approximate surface area is 190 Å². The highest BCUT2D eigenvalue weighted by Crippen LogP contribution is 2.22. The predicted octanol–water partition coefficient (Wildman–Crippen LogP) is 3.07. The first-order chi connectivity index (χ1) is 15.5. The number of ketones is 1. The Morgan fingerprint density at radius 1 is 1.00 bits per heavy atom. The van der Waals surface area contributed by atoms with E-state index in [1.807, 2.05) is 38.1 Å². The molecule has 2 aromatic rings. The number of likely N-dealkylation sites (N-methyl/N-ethyl adjacent to an activating group) is 1. The maximum Gasteiger partial charge on any atom is 0.292 e. The van der Waals surface area contributed by atoms with Crippen LogP contribution in [0.1, 0.15) is 56.3 Å². The van der Waals surface area contributed by atoms with E-state index < -0.39 is 11.7 Å². The van der Waals surface area contributed by atoms with E-state index in [9.17, 15) is 14.4 Å². The number of Topliss-reactive ketones (excluding diaryl/α,β-unsaturated/α-hetero) is 1. The molecular weight excluding hydrogens is 404 g/mol. The van der Waals surface area contributed by atoms with Crippen molar-refractivity contribution in [2.45, 2.75) is 52.5 Å². The van der Waals surface area contributed by atoms with Crippen molar-refractivity contribution < 1.29 is 14.4 Å². The second-order valence-electron chi connectivity index (χ2n) is 8.45. The number of carbonyl (C=O) groups is 3. The molecular formula is C25H36N4O3. The van der Waals surface area contributed by atoms with Crippen molar-refractivity contribution in [1.29, 1.82) is 0 Å². The fraction of sp³-hybridized carbons (Fsp3) is 0.560. The molecule has 0 atom stereocenters. The summed E-state index contributed by atoms with van der Waals surface area (Å²) in [7, 11) is 0. The van der Waals surface area contributed by atoms with Crippen LogP contribution in [-0.4, -0.2) is 71.2 Å². The van der Waals surface area contributed by atoms with Gasteiger partial charge in [0.2, 0.25) is 5.91 Å². The van der Waals surface area contributed by atoms with Crippen LogP contribution in [0.2, 0.25) is 0 Å². The van der Waals surface area contributed by atoms with E-state index in [0.29, 0.717) is 30.6 Å². The molecule has 2 heterocycles. The minimum atomic E-state index is -0.584. The van der Waals surface area contributed by atoms with Gasteiger partial charge in [0.05, 0.1) is 5.56 Å². The van der Waals surface area contributed by atoms with Gasteiger partial charge in [0, 0.05) is 36.7 Å². The molecule has 0 aliphatic carbocycles. The molecule has 0 unspecified atom stereocenters. The maximum atomic E-state index is 12.9. The first kappa shape index (κ1) is 24.0. The highest BCUT2D eigenvalue weighted by atomic mass is 16.2. The number of hydrogen-bond donors (Lipinski definition) is 1. The number of carbonyl (C=O) groups excluding carboxylic acids is 3. The monoisotopic (exact) mass is 440 g/mol. The molecule has 174 valence electrons. The molecule has 1 aromatic carbocycles. The lowest BCUT2D eigenvalue weighted by atomic mass is 10.1. The van der Waals surface area contributed by atoms with E-state index >= 15 is 0 Å². The van der Waals surface area contributed by atoms with Crippen molar-refractivity contribution in [2.75, 3.05) is 39.3 Å². The van der Waals surface area contributed by atoms with Crippen LogP contribution in [0.25, 0.3) is 10.9 Å². The number of rotatable bonds is 10. The van der Waals surface area contributed by atoms with Crippen LogP contribution in [0.4, 0.5) is 0 Å². The van der Waals surface area contributed by atoms with Crippen molar-refractivity contribution in [1.82, 2.24) is 19.7 Å². The average molecular weight is 441 g/mol. The van der Waals surface area contributed by atoms with Gasteiger partial charge >= 0.3 is 0 Å². The smallest absolute Gasteiger partial charge is 0.292 e. The third kappa shape index (κ3) is 5.97. The summed E-state index contributed by atoms with van der Waals surface area (Å²) in [6, 6.07) is 7.42. The maximum absolute atomic E-state index is 12.9. The summed E-state index contributed by atoms with van der Waals surface area (Å²) in [6.07, 6.45) is 7.56. The normalized spacial score (nSPS) is 14.8. The lowest BCUT2D eigenvalue weighted by Gasteiger charge is -2.19. The van der Waals surface area contributed by atoms with E-state index in [-0.39, 0.29) is 12.5 Å². The lowest BCUT2D eigenvalue weighted by molar-refractivity contribution is -0.131. The average Bonchev–Trinajstić information content (AvgIpc) is 2.97. The number of fused-ring (bicyclic) bond motifs is 1. The molecule has 1 aliphatic heterocycles. The van der Waals surface area contributed by atoms with Crippen LogP contribution < -0.4 is 5.32 Å². The van der Waals surface area contributed by atoms with Crippen molar-refractivity contribution in [3.63, 3.8) is 0 Å². The zero-order chi connectivity index (χ0) is 22.9. The third-order valence-corrected chi connectivity index (χ3v) is 6.30. The van der Waals surface area contributed by atoms with E-state index in [1.165, 1.54) is 25.7 Å². The molecule has 2 amide bonds. The summed E-state index contributed by atoms with van der Waals surface area (Å²) in [5.74, 6) is -1.14. The van der Waals surface area contributed by atoms with Crippen LogP contribution in [0, 0.1) is 0 Å². The van der Waals surface area contributed by atoms with Gasteiger partial charge in [-0.3, -0.25) is 14.4 Å². The number of aromatic nitrogens is 1. The topological polar surface area (TPSA) is 74.6 Å². The molecule has 3 rings (SSSR count). The molecule has 0 saturated carbocycles. The van der Waals surface area contributed by atoms with Gasteiger partial charge in [-0.1, -0.05) is 31.0 Å². The number of nitrogens with one attached hydrogen (secondary N) is 1. The van der Waals surface area contributed by atoms with Gasteiger partial charge in [0.25, 0.3) is 11.7 Å². The van der Waals surface area contributed by atoms with Crippen LogP contribution >= 0.6 is 0 Å². The number of benzene rings is 1. The number of para-hydroxylation sites is 1. The predicted molar refractivity (Wildman–Crippen MR) is 127 cm³/mol. The molecule has 1 saturated heterocycles. The third-order valence-electron chi connectivity index (χ3n) is 6.30. The fourth-order valence-electron chi connectivity index (χ4n) is 4.45. The standard InChI is InChI=1S/C25H36N4O3/c1-3-28(4-2)23(30)19-29-18-21(20-12-7-8-13-22(20)29)24(31)25(32)26-14-11-17-27-15-9-5-6-10-16-27/h7-8,12-13,18H,3-6,9-11,14-17,19H2,1-2H3,(H,26,32). The van der Waals surface area contributed by atoms with Gasteiger partial charge in [0.15, 0.2) is 0 Å². The summed E-state index contributed by atoms with van der Waals surface area (Å²) >= 11 is 0. The molecule has 1 aromatic heterocycles. The first-order valence-corrected chi connectivity index (χ1v) is 12.0. The van der Waals surface area contributed by atoms with Crippen LogP contribution in [0.5, 0.6) is 0 Å². The molecule has 1 N–H and O–H groups in total. The molecule has 1 aliphatic rings. The number of likely N-dealkylation sites (tertiary alicyclic amines) is 1. The SMILES string of the molecule is CCN(CC)C(=O)Cn1cc(C(=O)C(=O)NCCCN2CCCCCC2)c2ccccc21. The quantitative estimate of drug-likeness (QED) is 0.350. The lowest BCUT2D eigenvalue weighted by Crippen LogP contribution is -2.34. The van der Waals surface area contributed by atoms with Crippen LogP contribution in [0.3, 0.4) is 0 Å². The van der Waals surface area contributed by atoms with Gasteiger partial charge in [-0.05, 0) is 58.8 Å². The summed E-state index contributed by atoms with van der Waals surface area (Å²) in [4.78, 5) is 42.3. The fourth-order valence-corrected chi connectivity index (χ4v) is 4.45. The van der Waals surface area contributed by atoms with Gasteiger partial charge in [-0.15, -0.1) is 0 Å². The van der Waals surface area contributed by atoms with Gasteiger partial charge in [-0.2, -0.15) is 0 Å². The molecule has 0 spiro atoms. The Morgan fingerprint density at radius 2 is 1.69 bits per heavy atom. The summed E-state index contributed by atoms with van der Waals surface area (Å²) in [5, 5.41) is 3.49. The second kappa shape index (κ2) is 11.8. The first-order valence-electron chi connectivity index (χ1n) is 12.0. The van der Waals surface area contributed by atoms with E-state index in [0.717, 1.165) is 31.6 Å². The molecule has 0 bridgehead atoms. The minimum Gasteiger partial charge on any atom is -0.349 e. The highest BCUT2D eigenvalue weighted by Gasteiger charge is 2.22. The Kier molecular flexibility index (Phi) is 8.85. The molecule has 7 nitrogen and oxygen atoms in total. The zero-order valence-electron chi connectivity index (χ0n) is 19.4. The number of nitrogens with zero attached hydrogens (tertiary/aromatic N) is 3. The largest absolute Gasteiger partial charge is 0.349 e. The highest BCUT2D eigenvalue weighted by molar-refractivity contribution is 6.45. The van der Waals surface area contributed by atoms with E-state index in [1.54, 1.807) is 15.7 Å². The van der Waals surface area contributed by atoms with Crippen LogP contribution in [-0.2, 0) is 16.1 Å². The van der Waals surface area contributed by atoms with E-state index in [4.69, 9.17) is 0 Å². The van der Waals surface area contributed by atoms with Crippen molar-refractivity contribution in [2.24, 2.45) is 0 Å². The molecule has 1 fully saturated rings. The summed E-state index contributed by atoms with van der Waals surface area (Å²) in [6.45, 7) is 8.99. The van der Waals surface area contributed by atoms with E-state index in [2.05, 4.69) is 10.2 Å². The van der Waals surface area contributed by atoms with Gasteiger partial charge < -0.3 is 19.7 Å². The van der Waals surface area contributed by atoms with Crippen molar-refractivity contribution >= 4 is 28.5 Å². The zero-order valence-corrected chi connectivity index (χ0v) is 19.4. The molecule has 32 heavy (non-hydrogen) atoms. The van der Waals surface area contributed by atoms with Gasteiger partial charge in [-0.25, -0.2) is 0 Å². The van der Waals surface area contributed by atoms with Crippen LogP contribution in [0.15, 0.2) is 30.5 Å². The molecule has 0 radical (unpaired) electrons. The Bertz CT molecular complexity index is 924. The minimum absolute atomic E-state index is 0.00674. The Balaban J connectivity index is 1.62.